The number of hydrogen-bond donors (Lipinski definition) is 1. The van der Waals surface area contributed by atoms with Gasteiger partial charge in [0.1, 0.15) is 24.4 Å². The van der Waals surface area contributed by atoms with Crippen LogP contribution in [0.1, 0.15) is 16.1 Å². The first-order valence-corrected chi connectivity index (χ1v) is 6.24. The Kier molecular flexibility index (Phi) is 4.22. The van der Waals surface area contributed by atoms with Crippen molar-refractivity contribution >= 4 is 27.6 Å². The molecule has 2 aromatic rings. The van der Waals surface area contributed by atoms with Crippen LogP contribution in [-0.2, 0) is 6.61 Å². The number of carboxylic acids is 1. The van der Waals surface area contributed by atoms with E-state index < -0.39 is 22.4 Å². The number of benzene rings is 1. The summed E-state index contributed by atoms with van der Waals surface area (Å²) in [5.41, 5.74) is -0.617. The maximum Gasteiger partial charge on any atom is 0.338 e. The quantitative estimate of drug-likeness (QED) is 0.648. The van der Waals surface area contributed by atoms with Crippen LogP contribution in [0.15, 0.2) is 33.4 Å². The molecule has 2 rings (SSSR count). The van der Waals surface area contributed by atoms with E-state index in [0.717, 1.165) is 18.4 Å². The Bertz CT molecular complexity index is 714. The first kappa shape index (κ1) is 15.0. The van der Waals surface area contributed by atoms with Crippen molar-refractivity contribution in [2.45, 2.75) is 6.61 Å². The maximum atomic E-state index is 13.1. The standard InChI is InChI=1S/C12H7BrFNO6/c13-9-2-7(14)3-10(15(18)19)11(9)21-5-8-1-6(4-20-8)12(16)17/h1-4H,5H2,(H,16,17). The van der Waals surface area contributed by atoms with Gasteiger partial charge in [0.25, 0.3) is 0 Å². The van der Waals surface area contributed by atoms with Crippen molar-refractivity contribution in [1.29, 1.82) is 0 Å². The number of furan rings is 1. The molecule has 1 N–H and O–H groups in total. The van der Waals surface area contributed by atoms with Gasteiger partial charge in [0.15, 0.2) is 0 Å². The number of aromatic carboxylic acids is 1. The normalized spacial score (nSPS) is 10.4. The highest BCUT2D eigenvalue weighted by atomic mass is 79.9. The van der Waals surface area contributed by atoms with Crippen molar-refractivity contribution in [3.8, 4) is 5.75 Å². The van der Waals surface area contributed by atoms with Crippen LogP contribution in [0.25, 0.3) is 0 Å². The van der Waals surface area contributed by atoms with Gasteiger partial charge >= 0.3 is 11.7 Å². The molecule has 7 nitrogen and oxygen atoms in total. The van der Waals surface area contributed by atoms with Gasteiger partial charge in [0.2, 0.25) is 5.75 Å². The monoisotopic (exact) mass is 359 g/mol. The summed E-state index contributed by atoms with van der Waals surface area (Å²) in [5.74, 6) is -1.96. The largest absolute Gasteiger partial charge is 0.478 e. The van der Waals surface area contributed by atoms with Gasteiger partial charge in [-0.1, -0.05) is 0 Å². The smallest absolute Gasteiger partial charge is 0.338 e. The molecule has 9 heteroatoms. The molecular weight excluding hydrogens is 353 g/mol. The molecule has 0 amide bonds. The highest BCUT2D eigenvalue weighted by Crippen LogP contribution is 2.36. The highest BCUT2D eigenvalue weighted by Gasteiger charge is 2.21. The highest BCUT2D eigenvalue weighted by molar-refractivity contribution is 9.10. The number of carbonyl (C=O) groups is 1. The molecule has 0 atom stereocenters. The average molecular weight is 360 g/mol. The van der Waals surface area contributed by atoms with Gasteiger partial charge in [-0.15, -0.1) is 0 Å². The number of carboxylic acid groups (broad SMARTS) is 1. The molecule has 0 aliphatic rings. The lowest BCUT2D eigenvalue weighted by Gasteiger charge is -2.07. The van der Waals surface area contributed by atoms with Gasteiger partial charge in [-0.2, -0.15) is 0 Å². The van der Waals surface area contributed by atoms with Crippen LogP contribution in [0.2, 0.25) is 0 Å². The minimum absolute atomic E-state index is 0.0683. The third-order valence-electron chi connectivity index (χ3n) is 2.44. The third-order valence-corrected chi connectivity index (χ3v) is 3.03. The minimum Gasteiger partial charge on any atom is -0.478 e. The van der Waals surface area contributed by atoms with Gasteiger partial charge < -0.3 is 14.3 Å². The molecule has 1 heterocycles. The van der Waals surface area contributed by atoms with Crippen LogP contribution in [-0.4, -0.2) is 16.0 Å². The zero-order chi connectivity index (χ0) is 15.6. The second-order valence-electron chi connectivity index (χ2n) is 3.89. The molecule has 0 bridgehead atoms. The fourth-order valence-electron chi connectivity index (χ4n) is 1.54. The summed E-state index contributed by atoms with van der Waals surface area (Å²) < 4.78 is 23.4. The van der Waals surface area contributed by atoms with E-state index in [2.05, 4.69) is 15.9 Å². The van der Waals surface area contributed by atoms with Gasteiger partial charge in [0.05, 0.1) is 21.0 Å². The average Bonchev–Trinajstić information content (AvgIpc) is 2.85. The van der Waals surface area contributed by atoms with Crippen LogP contribution in [0.3, 0.4) is 0 Å². The number of rotatable bonds is 5. The van der Waals surface area contributed by atoms with Crippen LogP contribution < -0.4 is 4.74 Å². The number of hydrogen-bond acceptors (Lipinski definition) is 5. The zero-order valence-electron chi connectivity index (χ0n) is 10.2. The van der Waals surface area contributed by atoms with E-state index in [4.69, 9.17) is 14.3 Å². The minimum atomic E-state index is -1.17. The molecule has 0 radical (unpaired) electrons. The van der Waals surface area contributed by atoms with E-state index in [0.29, 0.717) is 0 Å². The Hall–Kier alpha value is -2.42. The fraction of sp³-hybridized carbons (Fsp3) is 0.0833. The van der Waals surface area contributed by atoms with E-state index in [1.165, 1.54) is 6.07 Å². The van der Waals surface area contributed by atoms with E-state index >= 15 is 0 Å². The van der Waals surface area contributed by atoms with Gasteiger partial charge in [-0.05, 0) is 28.1 Å². The Morgan fingerprint density at radius 1 is 1.48 bits per heavy atom. The lowest BCUT2D eigenvalue weighted by Crippen LogP contribution is -2.00. The lowest BCUT2D eigenvalue weighted by atomic mass is 10.3. The fourth-order valence-corrected chi connectivity index (χ4v) is 2.07. The molecule has 1 aromatic heterocycles. The SMILES string of the molecule is O=C(O)c1coc(COc2c(Br)cc(F)cc2[N+](=O)[O-])c1. The van der Waals surface area contributed by atoms with Crippen molar-refractivity contribution < 1.29 is 28.4 Å². The number of nitro groups is 1. The molecule has 0 aliphatic heterocycles. The molecule has 1 aromatic carbocycles. The van der Waals surface area contributed by atoms with Crippen molar-refractivity contribution in [3.63, 3.8) is 0 Å². The second-order valence-corrected chi connectivity index (χ2v) is 4.74. The molecule has 0 fully saturated rings. The van der Waals surface area contributed by atoms with E-state index in [-0.39, 0.29) is 28.2 Å². The molecule has 0 aliphatic carbocycles. The summed E-state index contributed by atoms with van der Waals surface area (Å²) in [4.78, 5) is 20.8. The van der Waals surface area contributed by atoms with E-state index in [1.807, 2.05) is 0 Å². The summed E-state index contributed by atoms with van der Waals surface area (Å²) in [6.45, 7) is -0.238. The van der Waals surface area contributed by atoms with E-state index in [9.17, 15) is 19.3 Å². The summed E-state index contributed by atoms with van der Waals surface area (Å²) in [6.07, 6.45) is 1.02. The van der Waals surface area contributed by atoms with Gasteiger partial charge in [0, 0.05) is 0 Å². The van der Waals surface area contributed by atoms with E-state index in [1.54, 1.807) is 0 Å². The summed E-state index contributed by atoms with van der Waals surface area (Å²) in [7, 11) is 0. The summed E-state index contributed by atoms with van der Waals surface area (Å²) >= 11 is 2.97. The van der Waals surface area contributed by atoms with Gasteiger partial charge in [-0.25, -0.2) is 9.18 Å². The molecule has 0 saturated heterocycles. The third kappa shape index (κ3) is 3.37. The van der Waals surface area contributed by atoms with Crippen molar-refractivity contribution in [2.24, 2.45) is 0 Å². The van der Waals surface area contributed by atoms with Crippen molar-refractivity contribution in [2.75, 3.05) is 0 Å². The second kappa shape index (κ2) is 5.92. The predicted molar refractivity (Wildman–Crippen MR) is 70.8 cm³/mol. The first-order chi connectivity index (χ1) is 9.88. The number of nitro benzene ring substituents is 1. The zero-order valence-corrected chi connectivity index (χ0v) is 11.8. The van der Waals surface area contributed by atoms with Gasteiger partial charge in [-0.3, -0.25) is 10.1 Å². The Morgan fingerprint density at radius 2 is 2.19 bits per heavy atom. The topological polar surface area (TPSA) is 103 Å². The predicted octanol–water partition coefficient (Wildman–Crippen LogP) is 3.37. The van der Waals surface area contributed by atoms with Crippen LogP contribution in [0.5, 0.6) is 5.75 Å². The molecular formula is C12H7BrFNO6. The lowest BCUT2D eigenvalue weighted by molar-refractivity contribution is -0.386. The molecule has 21 heavy (non-hydrogen) atoms. The number of nitrogens with zero attached hydrogens (tertiary/aromatic N) is 1. The first-order valence-electron chi connectivity index (χ1n) is 5.45. The van der Waals surface area contributed by atoms with Crippen molar-refractivity contribution in [1.82, 2.24) is 0 Å². The Morgan fingerprint density at radius 3 is 2.76 bits per heavy atom. The number of ether oxygens (including phenoxy) is 1. The van der Waals surface area contributed by atoms with Crippen LogP contribution >= 0.6 is 15.9 Å². The van der Waals surface area contributed by atoms with Crippen LogP contribution in [0, 0.1) is 15.9 Å². The molecule has 0 saturated carbocycles. The summed E-state index contributed by atoms with van der Waals surface area (Å²) in [6, 6.07) is 2.98. The Balaban J connectivity index is 2.23. The number of halogens is 2. The molecule has 0 spiro atoms. The molecule has 110 valence electrons. The summed E-state index contributed by atoms with van der Waals surface area (Å²) in [5, 5.41) is 19.6. The Labute approximate surface area is 125 Å². The van der Waals surface area contributed by atoms with Crippen LogP contribution in [0.4, 0.5) is 10.1 Å². The van der Waals surface area contributed by atoms with Crippen molar-refractivity contribution in [3.05, 3.63) is 56.2 Å². The maximum absolute atomic E-state index is 13.1. The molecule has 0 unspecified atom stereocenters.